The number of carbonyl (C=O) groups excluding carboxylic acids is 1. The van der Waals surface area contributed by atoms with E-state index in [1.54, 1.807) is 17.6 Å². The summed E-state index contributed by atoms with van der Waals surface area (Å²) in [6.07, 6.45) is 2.50. The van der Waals surface area contributed by atoms with Gasteiger partial charge < -0.3 is 9.15 Å². The van der Waals surface area contributed by atoms with E-state index in [0.717, 1.165) is 37.4 Å². The van der Waals surface area contributed by atoms with Crippen LogP contribution in [0, 0.1) is 6.92 Å². The number of furan rings is 1. The highest BCUT2D eigenvalue weighted by molar-refractivity contribution is 7.16. The van der Waals surface area contributed by atoms with Crippen molar-refractivity contribution in [1.82, 2.24) is 4.90 Å². The summed E-state index contributed by atoms with van der Waals surface area (Å²) >= 11 is 1.57. The van der Waals surface area contributed by atoms with Gasteiger partial charge >= 0.3 is 5.97 Å². The third-order valence-electron chi connectivity index (χ3n) is 4.92. The summed E-state index contributed by atoms with van der Waals surface area (Å²) < 4.78 is 10.9. The second-order valence-electron chi connectivity index (χ2n) is 7.06. The first-order chi connectivity index (χ1) is 14.1. The van der Waals surface area contributed by atoms with E-state index in [-0.39, 0.29) is 5.97 Å². The fraction of sp³-hybridized carbons (Fsp3) is 0.304. The van der Waals surface area contributed by atoms with Crippen LogP contribution in [-0.4, -0.2) is 30.2 Å². The number of hydrogen-bond acceptors (Lipinski definition) is 6. The van der Waals surface area contributed by atoms with Gasteiger partial charge in [-0.1, -0.05) is 30.3 Å². The fourth-order valence-corrected chi connectivity index (χ4v) is 4.79. The quantitative estimate of drug-likeness (QED) is 0.419. The highest BCUT2D eigenvalue weighted by Crippen LogP contribution is 2.39. The molecule has 1 aliphatic rings. The predicted molar refractivity (Wildman–Crippen MR) is 115 cm³/mol. The first kappa shape index (κ1) is 19.6. The van der Waals surface area contributed by atoms with Crippen LogP contribution < -0.4 is 0 Å². The molecule has 0 atom stereocenters. The van der Waals surface area contributed by atoms with Crippen LogP contribution in [0.25, 0.3) is 0 Å². The van der Waals surface area contributed by atoms with Crippen LogP contribution in [0.15, 0.2) is 51.9 Å². The number of nitrogens with zero attached hydrogens (tertiary/aromatic N) is 2. The van der Waals surface area contributed by atoms with Gasteiger partial charge in [-0.05, 0) is 43.5 Å². The zero-order valence-electron chi connectivity index (χ0n) is 16.7. The number of fused-ring (bicyclic) bond motifs is 1. The van der Waals surface area contributed by atoms with Crippen LogP contribution in [0.5, 0.6) is 0 Å². The Hall–Kier alpha value is -2.70. The highest BCUT2D eigenvalue weighted by Gasteiger charge is 2.28. The molecule has 0 bridgehead atoms. The van der Waals surface area contributed by atoms with Crippen LogP contribution in [0.4, 0.5) is 5.00 Å². The largest absolute Gasteiger partial charge is 0.462 e. The Morgan fingerprint density at radius 2 is 2.10 bits per heavy atom. The first-order valence-electron chi connectivity index (χ1n) is 9.82. The minimum absolute atomic E-state index is 0.288. The van der Waals surface area contributed by atoms with Crippen molar-refractivity contribution in [2.45, 2.75) is 33.4 Å². The predicted octanol–water partition coefficient (Wildman–Crippen LogP) is 5.14. The molecule has 0 spiro atoms. The van der Waals surface area contributed by atoms with Crippen LogP contribution in [0.3, 0.4) is 0 Å². The average Bonchev–Trinajstić information content (AvgIpc) is 3.30. The summed E-state index contributed by atoms with van der Waals surface area (Å²) in [6, 6.07) is 14.2. The number of aryl methyl sites for hydroxylation is 1. The Balaban J connectivity index is 1.61. The van der Waals surface area contributed by atoms with E-state index in [1.165, 1.54) is 10.4 Å². The zero-order chi connectivity index (χ0) is 20.2. The lowest BCUT2D eigenvalue weighted by molar-refractivity contribution is 0.0526. The van der Waals surface area contributed by atoms with Gasteiger partial charge in [-0.15, -0.1) is 11.3 Å². The Bertz CT molecular complexity index is 1020. The maximum Gasteiger partial charge on any atom is 0.341 e. The number of ether oxygens (including phenoxy) is 1. The summed E-state index contributed by atoms with van der Waals surface area (Å²) in [5.41, 5.74) is 3.00. The SMILES string of the molecule is CCOC(=O)c1c(N=Cc2ccc(C)o2)sc2c1CCN(Cc1ccccc1)C2. The van der Waals surface area contributed by atoms with E-state index >= 15 is 0 Å². The number of hydrogen-bond donors (Lipinski definition) is 0. The zero-order valence-corrected chi connectivity index (χ0v) is 17.5. The van der Waals surface area contributed by atoms with Gasteiger partial charge in [0.15, 0.2) is 0 Å². The molecule has 1 aliphatic heterocycles. The molecule has 5 nitrogen and oxygen atoms in total. The number of aliphatic imine (C=N–C) groups is 1. The number of esters is 1. The minimum atomic E-state index is -0.288. The summed E-state index contributed by atoms with van der Waals surface area (Å²) in [6.45, 7) is 6.70. The minimum Gasteiger partial charge on any atom is -0.462 e. The maximum atomic E-state index is 12.7. The van der Waals surface area contributed by atoms with Gasteiger partial charge in [0.05, 0.1) is 18.4 Å². The van der Waals surface area contributed by atoms with E-state index in [0.29, 0.717) is 22.9 Å². The molecule has 0 saturated carbocycles. The lowest BCUT2D eigenvalue weighted by atomic mass is 10.0. The van der Waals surface area contributed by atoms with Crippen LogP contribution >= 0.6 is 11.3 Å². The number of benzene rings is 1. The summed E-state index contributed by atoms with van der Waals surface area (Å²) in [5.74, 6) is 1.22. The van der Waals surface area contributed by atoms with Gasteiger partial charge in [0.2, 0.25) is 0 Å². The molecule has 6 heteroatoms. The van der Waals surface area contributed by atoms with Crippen molar-refractivity contribution >= 4 is 28.5 Å². The smallest absolute Gasteiger partial charge is 0.341 e. The standard InChI is InChI=1S/C23H24N2O3S/c1-3-27-23(26)21-19-11-12-25(14-17-7-5-4-6-8-17)15-20(19)29-22(21)24-13-18-10-9-16(2)28-18/h4-10,13H,3,11-12,14-15H2,1-2H3. The number of rotatable bonds is 6. The van der Waals surface area contributed by atoms with Gasteiger partial charge in [0, 0.05) is 24.5 Å². The molecule has 0 amide bonds. The molecule has 0 aliphatic carbocycles. The van der Waals surface area contributed by atoms with Gasteiger partial charge in [-0.2, -0.15) is 0 Å². The number of thiophene rings is 1. The Labute approximate surface area is 174 Å². The monoisotopic (exact) mass is 408 g/mol. The normalized spacial score (nSPS) is 14.3. The van der Waals surface area contributed by atoms with Gasteiger partial charge in [-0.3, -0.25) is 4.90 Å². The van der Waals surface area contributed by atoms with Gasteiger partial charge in [-0.25, -0.2) is 9.79 Å². The fourth-order valence-electron chi connectivity index (χ4n) is 3.57. The first-order valence-corrected chi connectivity index (χ1v) is 10.6. The lowest BCUT2D eigenvalue weighted by Gasteiger charge is -2.27. The molecule has 3 aromatic rings. The maximum absolute atomic E-state index is 12.7. The summed E-state index contributed by atoms with van der Waals surface area (Å²) in [4.78, 5) is 20.8. The molecule has 1 aromatic carbocycles. The molecular weight excluding hydrogens is 384 g/mol. The third kappa shape index (κ3) is 4.49. The van der Waals surface area contributed by atoms with Crippen molar-refractivity contribution in [2.75, 3.05) is 13.2 Å². The van der Waals surface area contributed by atoms with E-state index in [4.69, 9.17) is 9.15 Å². The van der Waals surface area contributed by atoms with Crippen LogP contribution in [-0.2, 0) is 24.2 Å². The van der Waals surface area contributed by atoms with Gasteiger partial charge in [0.1, 0.15) is 16.5 Å². The van der Waals surface area contributed by atoms with Crippen molar-refractivity contribution in [3.8, 4) is 0 Å². The van der Waals surface area contributed by atoms with E-state index in [1.807, 2.05) is 32.0 Å². The highest BCUT2D eigenvalue weighted by atomic mass is 32.1. The van der Waals surface area contributed by atoms with E-state index in [2.05, 4.69) is 34.2 Å². The van der Waals surface area contributed by atoms with Crippen molar-refractivity contribution in [3.63, 3.8) is 0 Å². The molecule has 2 aromatic heterocycles. The van der Waals surface area contributed by atoms with E-state index in [9.17, 15) is 4.79 Å². The molecule has 0 radical (unpaired) electrons. The number of carbonyl (C=O) groups is 1. The Morgan fingerprint density at radius 1 is 1.28 bits per heavy atom. The second-order valence-corrected chi connectivity index (χ2v) is 8.14. The molecule has 3 heterocycles. The molecule has 0 N–H and O–H groups in total. The topological polar surface area (TPSA) is 55.0 Å². The Kier molecular flexibility index (Phi) is 5.92. The molecule has 4 rings (SSSR count). The molecule has 0 saturated heterocycles. The van der Waals surface area contributed by atoms with Crippen molar-refractivity contribution in [2.24, 2.45) is 4.99 Å². The summed E-state index contributed by atoms with van der Waals surface area (Å²) in [7, 11) is 0. The third-order valence-corrected chi connectivity index (χ3v) is 6.04. The van der Waals surface area contributed by atoms with E-state index < -0.39 is 0 Å². The van der Waals surface area contributed by atoms with Crippen molar-refractivity contribution < 1.29 is 13.9 Å². The molecule has 29 heavy (non-hydrogen) atoms. The molecule has 0 unspecified atom stereocenters. The van der Waals surface area contributed by atoms with Crippen molar-refractivity contribution in [3.05, 3.63) is 75.6 Å². The van der Waals surface area contributed by atoms with Gasteiger partial charge in [0.25, 0.3) is 0 Å². The average molecular weight is 409 g/mol. The molecule has 150 valence electrons. The van der Waals surface area contributed by atoms with Crippen LogP contribution in [0.1, 0.15) is 44.8 Å². The summed E-state index contributed by atoms with van der Waals surface area (Å²) in [5, 5.41) is 0.698. The lowest BCUT2D eigenvalue weighted by Crippen LogP contribution is -2.29. The van der Waals surface area contributed by atoms with Crippen molar-refractivity contribution in [1.29, 1.82) is 0 Å². The molecular formula is C23H24N2O3S. The molecule has 0 fully saturated rings. The van der Waals surface area contributed by atoms with Crippen LogP contribution in [0.2, 0.25) is 0 Å². The second kappa shape index (κ2) is 8.76. The Morgan fingerprint density at radius 3 is 2.83 bits per heavy atom.